The van der Waals surface area contributed by atoms with E-state index in [1.54, 1.807) is 30.3 Å². The standard InChI is InChI=1S/C8H21P.C7H6O2/c1-5-9(6-2,7-3)8-4;8-7(9)6-4-2-1-3-5-6/h9H,5-8H2,1-4H3;1-5H,(H,8,9). The second kappa shape index (κ2) is 9.10. The number of hydrogen-bond donors (Lipinski definition) is 1. The van der Waals surface area contributed by atoms with Crippen molar-refractivity contribution in [1.82, 2.24) is 0 Å². The van der Waals surface area contributed by atoms with Crippen molar-refractivity contribution in [3.05, 3.63) is 35.9 Å². The van der Waals surface area contributed by atoms with Gasteiger partial charge in [0.05, 0.1) is 5.56 Å². The summed E-state index contributed by atoms with van der Waals surface area (Å²) < 4.78 is 0. The molecule has 0 bridgehead atoms. The van der Waals surface area contributed by atoms with Crippen molar-refractivity contribution in [3.8, 4) is 0 Å². The van der Waals surface area contributed by atoms with Crippen LogP contribution in [0.25, 0.3) is 0 Å². The minimum absolute atomic E-state index is 0.331. The van der Waals surface area contributed by atoms with E-state index < -0.39 is 13.2 Å². The molecular formula is C15H27O2P. The van der Waals surface area contributed by atoms with E-state index in [1.807, 2.05) is 0 Å². The first-order chi connectivity index (χ1) is 8.55. The van der Waals surface area contributed by atoms with Crippen LogP contribution < -0.4 is 0 Å². The first-order valence-corrected chi connectivity index (χ1v) is 9.66. The Hall–Kier alpha value is -0.880. The molecule has 0 aliphatic rings. The van der Waals surface area contributed by atoms with Crippen LogP contribution in [-0.2, 0) is 0 Å². The molecule has 104 valence electrons. The van der Waals surface area contributed by atoms with Gasteiger partial charge >= 0.3 is 65.6 Å². The van der Waals surface area contributed by atoms with Gasteiger partial charge in [-0.2, -0.15) is 0 Å². The van der Waals surface area contributed by atoms with Crippen LogP contribution in [-0.4, -0.2) is 35.7 Å². The number of benzene rings is 1. The Balaban J connectivity index is 0.000000321. The fourth-order valence-corrected chi connectivity index (χ4v) is 5.08. The van der Waals surface area contributed by atoms with E-state index in [0.29, 0.717) is 5.56 Å². The summed E-state index contributed by atoms with van der Waals surface area (Å²) in [4.78, 5) is 10.2. The van der Waals surface area contributed by atoms with Gasteiger partial charge in [0.1, 0.15) is 0 Å². The van der Waals surface area contributed by atoms with E-state index in [1.165, 1.54) is 24.6 Å². The molecule has 1 aromatic carbocycles. The number of carbonyl (C=O) groups is 1. The third-order valence-electron chi connectivity index (χ3n) is 4.02. The van der Waals surface area contributed by atoms with Gasteiger partial charge in [-0.1, -0.05) is 18.2 Å². The molecule has 1 aromatic rings. The minimum Gasteiger partial charge on any atom is -0.478 e. The van der Waals surface area contributed by atoms with Gasteiger partial charge in [-0.25, -0.2) is 4.79 Å². The Morgan fingerprint density at radius 3 is 1.50 bits per heavy atom. The third kappa shape index (κ3) is 5.64. The molecular weight excluding hydrogens is 243 g/mol. The fourth-order valence-electron chi connectivity index (χ4n) is 2.08. The Labute approximate surface area is 112 Å². The molecule has 2 nitrogen and oxygen atoms in total. The van der Waals surface area contributed by atoms with Crippen molar-refractivity contribution in [1.29, 1.82) is 0 Å². The van der Waals surface area contributed by atoms with Crippen molar-refractivity contribution < 1.29 is 9.90 Å². The van der Waals surface area contributed by atoms with Crippen LogP contribution in [0.15, 0.2) is 30.3 Å². The molecule has 0 aromatic heterocycles. The average Bonchev–Trinajstić information content (AvgIpc) is 2.44. The monoisotopic (exact) mass is 270 g/mol. The second-order valence-corrected chi connectivity index (χ2v) is 10.4. The van der Waals surface area contributed by atoms with Gasteiger partial charge in [-0.3, -0.25) is 0 Å². The summed E-state index contributed by atoms with van der Waals surface area (Å²) in [6.07, 6.45) is 5.93. The number of carboxylic acids is 1. The summed E-state index contributed by atoms with van der Waals surface area (Å²) in [5.41, 5.74) is 0.331. The molecule has 3 heteroatoms. The molecule has 1 rings (SSSR count). The fraction of sp³-hybridized carbons (Fsp3) is 0.533. The van der Waals surface area contributed by atoms with Crippen molar-refractivity contribution in [2.24, 2.45) is 0 Å². The van der Waals surface area contributed by atoms with Crippen LogP contribution in [0.5, 0.6) is 0 Å². The zero-order valence-corrected chi connectivity index (χ0v) is 13.1. The van der Waals surface area contributed by atoms with Crippen molar-refractivity contribution in [2.75, 3.05) is 24.6 Å². The molecule has 0 fully saturated rings. The summed E-state index contributed by atoms with van der Waals surface area (Å²) in [5, 5.41) is 8.38. The van der Waals surface area contributed by atoms with Gasteiger partial charge in [0.15, 0.2) is 0 Å². The Morgan fingerprint density at radius 2 is 1.33 bits per heavy atom. The van der Waals surface area contributed by atoms with Crippen LogP contribution >= 0.6 is 7.26 Å². The van der Waals surface area contributed by atoms with Gasteiger partial charge in [0, 0.05) is 0 Å². The molecule has 0 unspecified atom stereocenters. The number of hydrogen-bond acceptors (Lipinski definition) is 1. The number of rotatable bonds is 5. The average molecular weight is 270 g/mol. The summed E-state index contributed by atoms with van der Waals surface area (Å²) in [6.45, 7) is 9.46. The summed E-state index contributed by atoms with van der Waals surface area (Å²) in [6, 6.07) is 8.30. The maximum atomic E-state index is 10.2. The van der Waals surface area contributed by atoms with E-state index in [0.717, 1.165) is 0 Å². The van der Waals surface area contributed by atoms with Gasteiger partial charge in [0.2, 0.25) is 0 Å². The molecule has 18 heavy (non-hydrogen) atoms. The predicted octanol–water partition coefficient (Wildman–Crippen LogP) is 4.20. The maximum absolute atomic E-state index is 10.2. The number of carboxylic acid groups (broad SMARTS) is 1. The molecule has 0 spiro atoms. The zero-order valence-electron chi connectivity index (χ0n) is 12.1. The van der Waals surface area contributed by atoms with Crippen molar-refractivity contribution >= 4 is 13.2 Å². The van der Waals surface area contributed by atoms with E-state index >= 15 is 0 Å². The molecule has 0 amide bonds. The Bertz CT molecular complexity index is 314. The quantitative estimate of drug-likeness (QED) is 0.814. The molecule has 0 aliphatic carbocycles. The van der Waals surface area contributed by atoms with Crippen LogP contribution in [0.4, 0.5) is 0 Å². The van der Waals surface area contributed by atoms with Gasteiger partial charge in [-0.15, -0.1) is 0 Å². The predicted molar refractivity (Wildman–Crippen MR) is 83.9 cm³/mol. The normalized spacial score (nSPS) is 11.3. The van der Waals surface area contributed by atoms with Gasteiger partial charge in [-0.05, 0) is 12.1 Å². The van der Waals surface area contributed by atoms with Crippen molar-refractivity contribution in [2.45, 2.75) is 27.7 Å². The van der Waals surface area contributed by atoms with Crippen LogP contribution in [0.3, 0.4) is 0 Å². The molecule has 0 heterocycles. The summed E-state index contributed by atoms with van der Waals surface area (Å²) in [5.74, 6) is -0.879. The molecule has 0 radical (unpaired) electrons. The molecule has 0 saturated heterocycles. The van der Waals surface area contributed by atoms with Gasteiger partial charge < -0.3 is 5.11 Å². The van der Waals surface area contributed by atoms with E-state index in [-0.39, 0.29) is 0 Å². The topological polar surface area (TPSA) is 37.3 Å². The largest absolute Gasteiger partial charge is 0.478 e. The Morgan fingerprint density at radius 1 is 0.944 bits per heavy atom. The van der Waals surface area contributed by atoms with Crippen molar-refractivity contribution in [3.63, 3.8) is 0 Å². The summed E-state index contributed by atoms with van der Waals surface area (Å²) in [7, 11) is -0.691. The molecule has 0 saturated carbocycles. The van der Waals surface area contributed by atoms with Crippen LogP contribution in [0, 0.1) is 0 Å². The molecule has 0 atom stereocenters. The van der Waals surface area contributed by atoms with E-state index in [9.17, 15) is 4.79 Å². The second-order valence-electron chi connectivity index (χ2n) is 4.59. The van der Waals surface area contributed by atoms with Gasteiger partial charge in [0.25, 0.3) is 0 Å². The van der Waals surface area contributed by atoms with E-state index in [2.05, 4.69) is 27.7 Å². The number of aromatic carboxylic acids is 1. The first-order valence-electron chi connectivity index (χ1n) is 6.83. The Kier molecular flexibility index (Phi) is 8.66. The first kappa shape index (κ1) is 17.1. The molecule has 0 aliphatic heterocycles. The molecule has 1 N–H and O–H groups in total. The third-order valence-corrected chi connectivity index (χ3v) is 10.0. The smallest absolute Gasteiger partial charge is 0.335 e. The van der Waals surface area contributed by atoms with Crippen LogP contribution in [0.1, 0.15) is 38.1 Å². The minimum atomic E-state index is -0.879. The summed E-state index contributed by atoms with van der Waals surface area (Å²) >= 11 is 0. The zero-order chi connectivity index (χ0) is 14.0. The SMILES string of the molecule is CC[PH](CC)(CC)CC.O=C(O)c1ccccc1. The van der Waals surface area contributed by atoms with E-state index in [4.69, 9.17) is 5.11 Å². The maximum Gasteiger partial charge on any atom is 0.335 e. The van der Waals surface area contributed by atoms with Crippen LogP contribution in [0.2, 0.25) is 0 Å².